The van der Waals surface area contributed by atoms with Gasteiger partial charge < -0.3 is 15.1 Å². The van der Waals surface area contributed by atoms with Gasteiger partial charge in [-0.25, -0.2) is 0 Å². The third kappa shape index (κ3) is 3.61. The van der Waals surface area contributed by atoms with Crippen LogP contribution in [-0.4, -0.2) is 42.3 Å². The van der Waals surface area contributed by atoms with Crippen molar-refractivity contribution in [2.45, 2.75) is 76.2 Å². The molecule has 0 amide bonds. The van der Waals surface area contributed by atoms with Crippen LogP contribution in [0.3, 0.4) is 0 Å². The first-order valence-electron chi connectivity index (χ1n) is 12.8. The third-order valence-electron chi connectivity index (χ3n) is 9.62. The van der Waals surface area contributed by atoms with E-state index in [4.69, 9.17) is 0 Å². The van der Waals surface area contributed by atoms with Crippen LogP contribution in [0.5, 0.6) is 0 Å². The number of aliphatic hydroxyl groups is 2. The van der Waals surface area contributed by atoms with Crippen molar-refractivity contribution >= 4 is 11.5 Å². The average Bonchev–Trinajstić information content (AvgIpc) is 3.07. The van der Waals surface area contributed by atoms with E-state index in [-0.39, 0.29) is 23.7 Å². The number of allylic oxidation sites excluding steroid dienone is 4. The van der Waals surface area contributed by atoms with Gasteiger partial charge in [-0.05, 0) is 98.1 Å². The smallest absolute Gasteiger partial charge is 0.156 e. The maximum Gasteiger partial charge on any atom is 0.156 e. The molecule has 2 saturated carbocycles. The van der Waals surface area contributed by atoms with Gasteiger partial charge in [0.05, 0.1) is 5.60 Å². The Morgan fingerprint density at radius 1 is 1.09 bits per heavy atom. The van der Waals surface area contributed by atoms with Crippen LogP contribution < -0.4 is 4.90 Å². The lowest BCUT2D eigenvalue weighted by Gasteiger charge is -2.55. The maximum absolute atomic E-state index is 12.2. The van der Waals surface area contributed by atoms with Crippen LogP contribution in [-0.2, 0) is 4.79 Å². The number of fused-ring (bicyclic) bond motifs is 4. The molecule has 5 atom stereocenters. The molecule has 0 aliphatic heterocycles. The van der Waals surface area contributed by atoms with Crippen LogP contribution in [0.4, 0.5) is 5.69 Å². The fourth-order valence-electron chi connectivity index (χ4n) is 7.84. The van der Waals surface area contributed by atoms with E-state index in [1.807, 2.05) is 6.08 Å². The largest absolute Gasteiger partial charge is 0.396 e. The number of carbonyl (C=O) groups is 1. The zero-order valence-electron chi connectivity index (χ0n) is 20.4. The Hall–Kier alpha value is -1.91. The van der Waals surface area contributed by atoms with E-state index in [9.17, 15) is 15.0 Å². The van der Waals surface area contributed by atoms with Crippen molar-refractivity contribution < 1.29 is 15.0 Å². The first kappa shape index (κ1) is 22.9. The summed E-state index contributed by atoms with van der Waals surface area (Å²) >= 11 is 0. The Kier molecular flexibility index (Phi) is 5.81. The highest BCUT2D eigenvalue weighted by molar-refractivity contribution is 5.93. The predicted octanol–water partition coefficient (Wildman–Crippen LogP) is 5.16. The van der Waals surface area contributed by atoms with Gasteiger partial charge in [-0.15, -0.1) is 0 Å². The maximum atomic E-state index is 12.2. The molecule has 4 aliphatic carbocycles. The monoisotopic (exact) mass is 449 g/mol. The number of ketones is 1. The number of anilines is 1. The number of carbonyl (C=O) groups excluding carboxylic acids is 1. The van der Waals surface area contributed by atoms with Crippen molar-refractivity contribution in [1.29, 1.82) is 0 Å². The second kappa shape index (κ2) is 8.39. The molecule has 2 N–H and O–H groups in total. The SMILES string of the molecule is CN(C)c1ccc([C@H]2C[C@]3(C)C(CC[C@]3(O)CCCO)C3CCC4=CC(=O)CCC4=C32)cc1. The minimum absolute atomic E-state index is 0.138. The number of hydrogen-bond donors (Lipinski definition) is 2. The molecular formula is C29H39NO3. The fraction of sp³-hybridized carbons (Fsp3) is 0.621. The van der Waals surface area contributed by atoms with Crippen molar-refractivity contribution in [3.05, 3.63) is 52.6 Å². The van der Waals surface area contributed by atoms with E-state index in [0.29, 0.717) is 31.1 Å². The van der Waals surface area contributed by atoms with Crippen molar-refractivity contribution in [3.63, 3.8) is 0 Å². The molecule has 1 aromatic carbocycles. The van der Waals surface area contributed by atoms with Crippen molar-refractivity contribution in [1.82, 2.24) is 0 Å². The molecule has 4 nitrogen and oxygen atoms in total. The third-order valence-corrected chi connectivity index (χ3v) is 9.62. The van der Waals surface area contributed by atoms with Gasteiger partial charge in [-0.1, -0.05) is 24.6 Å². The Morgan fingerprint density at radius 2 is 1.85 bits per heavy atom. The molecule has 0 aromatic heterocycles. The molecule has 2 unspecified atom stereocenters. The van der Waals surface area contributed by atoms with Crippen LogP contribution in [0.25, 0.3) is 0 Å². The van der Waals surface area contributed by atoms with E-state index < -0.39 is 5.60 Å². The summed E-state index contributed by atoms with van der Waals surface area (Å²) in [5.41, 5.74) is 5.98. The molecule has 0 saturated heterocycles. The molecule has 2 fully saturated rings. The minimum Gasteiger partial charge on any atom is -0.396 e. The van der Waals surface area contributed by atoms with E-state index in [0.717, 1.165) is 38.5 Å². The lowest BCUT2D eigenvalue weighted by molar-refractivity contribution is -0.114. The van der Waals surface area contributed by atoms with Gasteiger partial charge in [0.15, 0.2) is 5.78 Å². The molecule has 0 spiro atoms. The Morgan fingerprint density at radius 3 is 2.55 bits per heavy atom. The van der Waals surface area contributed by atoms with Gasteiger partial charge in [0.25, 0.3) is 0 Å². The quantitative estimate of drug-likeness (QED) is 0.652. The standard InChI is InChI=1S/C29H39NO3/c1-28-18-25(19-5-8-21(9-6-19)30(2)3)27-23-12-10-22(32)17-20(23)7-11-24(27)26(28)13-15-29(28,33)14-4-16-31/h5-6,8-9,17,24-26,31,33H,4,7,10-16,18H2,1-3H3/t24?,25-,26?,28-,29-/m1/s1. The van der Waals surface area contributed by atoms with Gasteiger partial charge >= 0.3 is 0 Å². The molecule has 5 rings (SSSR count). The van der Waals surface area contributed by atoms with Gasteiger partial charge in [0.1, 0.15) is 0 Å². The molecule has 178 valence electrons. The molecular weight excluding hydrogens is 410 g/mol. The Bertz CT molecular complexity index is 991. The van der Waals surface area contributed by atoms with Gasteiger partial charge in [-0.2, -0.15) is 0 Å². The Labute approximate surface area is 198 Å². The van der Waals surface area contributed by atoms with Crippen molar-refractivity contribution in [3.8, 4) is 0 Å². The first-order chi connectivity index (χ1) is 15.8. The van der Waals surface area contributed by atoms with Crippen molar-refractivity contribution in [2.24, 2.45) is 17.3 Å². The summed E-state index contributed by atoms with van der Waals surface area (Å²) in [6.07, 6.45) is 9.68. The Balaban J connectivity index is 1.62. The van der Waals surface area contributed by atoms with Crippen LogP contribution in [0, 0.1) is 17.3 Å². The van der Waals surface area contributed by atoms with E-state index in [1.165, 1.54) is 22.4 Å². The summed E-state index contributed by atoms with van der Waals surface area (Å²) in [5.74, 6) is 1.50. The van der Waals surface area contributed by atoms with E-state index >= 15 is 0 Å². The lowest BCUT2D eigenvalue weighted by atomic mass is 9.51. The highest BCUT2D eigenvalue weighted by atomic mass is 16.3. The molecule has 33 heavy (non-hydrogen) atoms. The molecule has 4 aliphatic rings. The second-order valence-corrected chi connectivity index (χ2v) is 11.4. The first-order valence-corrected chi connectivity index (χ1v) is 12.8. The van der Waals surface area contributed by atoms with Crippen LogP contribution in [0.1, 0.15) is 76.2 Å². The molecule has 0 heterocycles. The normalized spacial score (nSPS) is 35.6. The number of rotatable bonds is 5. The van der Waals surface area contributed by atoms with Crippen LogP contribution >= 0.6 is 0 Å². The molecule has 0 bridgehead atoms. The summed E-state index contributed by atoms with van der Waals surface area (Å²) in [7, 11) is 4.14. The fourth-order valence-corrected chi connectivity index (χ4v) is 7.84. The predicted molar refractivity (Wildman–Crippen MR) is 132 cm³/mol. The average molecular weight is 450 g/mol. The number of aliphatic hydroxyl groups excluding tert-OH is 1. The zero-order valence-corrected chi connectivity index (χ0v) is 20.4. The van der Waals surface area contributed by atoms with E-state index in [2.05, 4.69) is 50.2 Å². The van der Waals surface area contributed by atoms with Crippen molar-refractivity contribution in [2.75, 3.05) is 25.6 Å². The molecule has 1 aromatic rings. The summed E-state index contributed by atoms with van der Waals surface area (Å²) in [4.78, 5) is 14.3. The van der Waals surface area contributed by atoms with Crippen LogP contribution in [0.2, 0.25) is 0 Å². The molecule has 0 radical (unpaired) electrons. The highest BCUT2D eigenvalue weighted by Crippen LogP contribution is 2.67. The number of nitrogens with zero attached hydrogens (tertiary/aromatic N) is 1. The lowest BCUT2D eigenvalue weighted by Crippen LogP contribution is -2.51. The van der Waals surface area contributed by atoms with Crippen LogP contribution in [0.15, 0.2) is 47.1 Å². The number of hydrogen-bond acceptors (Lipinski definition) is 4. The van der Waals surface area contributed by atoms with Gasteiger partial charge in [0, 0.05) is 44.1 Å². The summed E-state index contributed by atoms with van der Waals surface area (Å²) in [6, 6.07) is 8.98. The zero-order chi connectivity index (χ0) is 23.4. The second-order valence-electron chi connectivity index (χ2n) is 11.4. The highest BCUT2D eigenvalue weighted by Gasteiger charge is 2.62. The molecule has 4 heteroatoms. The summed E-state index contributed by atoms with van der Waals surface area (Å²) in [6.45, 7) is 2.47. The van der Waals surface area contributed by atoms with Gasteiger partial charge in [-0.3, -0.25) is 4.79 Å². The summed E-state index contributed by atoms with van der Waals surface area (Å²) < 4.78 is 0. The number of benzene rings is 1. The van der Waals surface area contributed by atoms with E-state index in [1.54, 1.807) is 5.57 Å². The minimum atomic E-state index is -0.711. The van der Waals surface area contributed by atoms with Gasteiger partial charge in [0.2, 0.25) is 0 Å². The topological polar surface area (TPSA) is 60.8 Å². The summed E-state index contributed by atoms with van der Waals surface area (Å²) in [5, 5.41) is 21.4.